The van der Waals surface area contributed by atoms with Gasteiger partial charge in [0.15, 0.2) is 0 Å². The van der Waals surface area contributed by atoms with E-state index in [1.165, 1.54) is 18.9 Å². The number of nitrogens with zero attached hydrogens (tertiary/aromatic N) is 1. The van der Waals surface area contributed by atoms with Crippen LogP contribution in [0.15, 0.2) is 18.2 Å². The van der Waals surface area contributed by atoms with Gasteiger partial charge in [0, 0.05) is 11.1 Å². The minimum atomic E-state index is -0.393. The molecule has 4 heteroatoms. The van der Waals surface area contributed by atoms with Crippen LogP contribution in [0.2, 0.25) is 0 Å². The van der Waals surface area contributed by atoms with Crippen LogP contribution in [-0.4, -0.2) is 12.1 Å². The van der Waals surface area contributed by atoms with Crippen LogP contribution in [0.25, 0.3) is 0 Å². The Hall–Kier alpha value is -1.44. The highest BCUT2D eigenvalue weighted by Crippen LogP contribution is 2.25. The topological polar surface area (TPSA) is 59.0 Å². The Labute approximate surface area is 119 Å². The van der Waals surface area contributed by atoms with Crippen molar-refractivity contribution in [3.63, 3.8) is 0 Å². The third kappa shape index (κ3) is 4.03. The standard InChI is InChI=1S/C16H21FN2O/c17-15-9-13(10-18)5-6-14(15)11-20-12-16(19)7-3-1-2-4-8-16/h5-6,9H,1-4,7-8,11-12,19H2. The van der Waals surface area contributed by atoms with Crippen LogP contribution >= 0.6 is 0 Å². The Morgan fingerprint density at radius 2 is 1.95 bits per heavy atom. The Bertz CT molecular complexity index is 488. The SMILES string of the molecule is N#Cc1ccc(COCC2(N)CCCCCC2)c(F)c1. The van der Waals surface area contributed by atoms with E-state index in [0.29, 0.717) is 17.7 Å². The van der Waals surface area contributed by atoms with E-state index < -0.39 is 5.82 Å². The first-order chi connectivity index (χ1) is 9.63. The molecule has 0 aliphatic heterocycles. The molecular weight excluding hydrogens is 255 g/mol. The fourth-order valence-corrected chi connectivity index (χ4v) is 2.68. The van der Waals surface area contributed by atoms with Crippen molar-refractivity contribution in [1.82, 2.24) is 0 Å². The van der Waals surface area contributed by atoms with Crippen LogP contribution in [0.1, 0.15) is 49.7 Å². The number of benzene rings is 1. The first-order valence-corrected chi connectivity index (χ1v) is 7.18. The molecule has 0 heterocycles. The Morgan fingerprint density at radius 1 is 1.25 bits per heavy atom. The first kappa shape index (κ1) is 15.0. The molecule has 1 aromatic rings. The van der Waals surface area contributed by atoms with Gasteiger partial charge in [0.1, 0.15) is 5.82 Å². The summed E-state index contributed by atoms with van der Waals surface area (Å²) in [6.07, 6.45) is 6.72. The summed E-state index contributed by atoms with van der Waals surface area (Å²) in [5.41, 5.74) is 6.88. The molecule has 2 N–H and O–H groups in total. The Morgan fingerprint density at radius 3 is 2.55 bits per heavy atom. The highest BCUT2D eigenvalue weighted by molar-refractivity contribution is 5.32. The van der Waals surface area contributed by atoms with E-state index in [-0.39, 0.29) is 12.1 Å². The number of hydrogen-bond acceptors (Lipinski definition) is 3. The van der Waals surface area contributed by atoms with Crippen molar-refractivity contribution in [1.29, 1.82) is 5.26 Å². The maximum absolute atomic E-state index is 13.7. The number of hydrogen-bond donors (Lipinski definition) is 1. The van der Waals surface area contributed by atoms with Crippen molar-refractivity contribution in [2.24, 2.45) is 5.73 Å². The van der Waals surface area contributed by atoms with Crippen molar-refractivity contribution in [3.05, 3.63) is 35.1 Å². The lowest BCUT2D eigenvalue weighted by Crippen LogP contribution is -2.43. The molecule has 0 radical (unpaired) electrons. The van der Waals surface area contributed by atoms with Crippen molar-refractivity contribution >= 4 is 0 Å². The van der Waals surface area contributed by atoms with Crippen LogP contribution in [-0.2, 0) is 11.3 Å². The minimum absolute atomic E-state index is 0.205. The van der Waals surface area contributed by atoms with E-state index in [1.807, 2.05) is 6.07 Å². The third-order valence-electron chi connectivity index (χ3n) is 3.93. The molecule has 0 aromatic heterocycles. The smallest absolute Gasteiger partial charge is 0.130 e. The number of nitriles is 1. The maximum Gasteiger partial charge on any atom is 0.130 e. The summed E-state index contributed by atoms with van der Waals surface area (Å²) in [7, 11) is 0. The molecule has 3 nitrogen and oxygen atoms in total. The number of halogens is 1. The second kappa shape index (κ2) is 6.83. The van der Waals surface area contributed by atoms with E-state index >= 15 is 0 Å². The second-order valence-corrected chi connectivity index (χ2v) is 5.69. The molecule has 1 aliphatic carbocycles. The summed E-state index contributed by atoms with van der Waals surface area (Å²) < 4.78 is 19.3. The van der Waals surface area contributed by atoms with E-state index in [0.717, 1.165) is 25.7 Å². The minimum Gasteiger partial charge on any atom is -0.375 e. The summed E-state index contributed by atoms with van der Waals surface area (Å²) in [5, 5.41) is 8.70. The number of nitrogens with two attached hydrogens (primary N) is 1. The maximum atomic E-state index is 13.7. The van der Waals surface area contributed by atoms with Gasteiger partial charge in [0.05, 0.1) is 24.8 Å². The lowest BCUT2D eigenvalue weighted by molar-refractivity contribution is 0.0651. The zero-order valence-electron chi connectivity index (χ0n) is 11.7. The average molecular weight is 276 g/mol. The molecule has 0 amide bonds. The number of ether oxygens (including phenoxy) is 1. The van der Waals surface area contributed by atoms with Crippen molar-refractivity contribution in [2.45, 2.75) is 50.7 Å². The molecule has 20 heavy (non-hydrogen) atoms. The zero-order chi connectivity index (χ0) is 14.4. The van der Waals surface area contributed by atoms with Gasteiger partial charge >= 0.3 is 0 Å². The molecule has 1 saturated carbocycles. The highest BCUT2D eigenvalue weighted by atomic mass is 19.1. The summed E-state index contributed by atoms with van der Waals surface area (Å²) in [4.78, 5) is 0. The van der Waals surface area contributed by atoms with Gasteiger partial charge in [-0.3, -0.25) is 0 Å². The Kier molecular flexibility index (Phi) is 5.11. The van der Waals surface area contributed by atoms with Crippen LogP contribution in [0.3, 0.4) is 0 Å². The molecule has 0 atom stereocenters. The lowest BCUT2D eigenvalue weighted by atomic mass is 9.92. The van der Waals surface area contributed by atoms with Gasteiger partial charge in [-0.2, -0.15) is 5.26 Å². The largest absolute Gasteiger partial charge is 0.375 e. The van der Waals surface area contributed by atoms with Gasteiger partial charge in [-0.05, 0) is 25.0 Å². The monoisotopic (exact) mass is 276 g/mol. The van der Waals surface area contributed by atoms with Crippen LogP contribution in [0.4, 0.5) is 4.39 Å². The second-order valence-electron chi connectivity index (χ2n) is 5.69. The molecule has 0 saturated heterocycles. The summed E-state index contributed by atoms with van der Waals surface area (Å²) in [6.45, 7) is 0.670. The predicted molar refractivity (Wildman–Crippen MR) is 75.4 cm³/mol. The van der Waals surface area contributed by atoms with E-state index in [4.69, 9.17) is 15.7 Å². The zero-order valence-corrected chi connectivity index (χ0v) is 11.7. The molecule has 0 unspecified atom stereocenters. The first-order valence-electron chi connectivity index (χ1n) is 7.18. The van der Waals surface area contributed by atoms with Gasteiger partial charge < -0.3 is 10.5 Å². The van der Waals surface area contributed by atoms with E-state index in [2.05, 4.69) is 0 Å². The van der Waals surface area contributed by atoms with Gasteiger partial charge in [0.2, 0.25) is 0 Å². The molecule has 108 valence electrons. The van der Waals surface area contributed by atoms with Gasteiger partial charge in [-0.1, -0.05) is 31.7 Å². The number of rotatable bonds is 4. The highest BCUT2D eigenvalue weighted by Gasteiger charge is 2.26. The van der Waals surface area contributed by atoms with Gasteiger partial charge in [-0.15, -0.1) is 0 Å². The predicted octanol–water partition coefficient (Wildman–Crippen LogP) is 3.27. The van der Waals surface area contributed by atoms with E-state index in [1.54, 1.807) is 12.1 Å². The molecule has 1 aromatic carbocycles. The fraction of sp³-hybridized carbons (Fsp3) is 0.562. The Balaban J connectivity index is 1.87. The molecule has 1 fully saturated rings. The molecular formula is C16H21FN2O. The van der Waals surface area contributed by atoms with Crippen LogP contribution < -0.4 is 5.73 Å². The summed E-state index contributed by atoms with van der Waals surface area (Å²) in [6, 6.07) is 6.36. The van der Waals surface area contributed by atoms with E-state index in [9.17, 15) is 4.39 Å². The van der Waals surface area contributed by atoms with Crippen LogP contribution in [0.5, 0.6) is 0 Å². The van der Waals surface area contributed by atoms with Crippen molar-refractivity contribution in [3.8, 4) is 6.07 Å². The third-order valence-corrected chi connectivity index (χ3v) is 3.93. The van der Waals surface area contributed by atoms with Gasteiger partial charge in [0.25, 0.3) is 0 Å². The molecule has 1 aliphatic rings. The van der Waals surface area contributed by atoms with Gasteiger partial charge in [-0.25, -0.2) is 4.39 Å². The quantitative estimate of drug-likeness (QED) is 0.859. The van der Waals surface area contributed by atoms with Crippen LogP contribution in [0, 0.1) is 17.1 Å². The lowest BCUT2D eigenvalue weighted by Gasteiger charge is -2.27. The summed E-state index contributed by atoms with van der Waals surface area (Å²) in [5.74, 6) is -0.393. The average Bonchev–Trinajstić information content (AvgIpc) is 2.66. The molecule has 2 rings (SSSR count). The normalized spacial score (nSPS) is 18.2. The molecule has 0 bridgehead atoms. The molecule has 0 spiro atoms. The fourth-order valence-electron chi connectivity index (χ4n) is 2.68. The summed E-state index contributed by atoms with van der Waals surface area (Å²) >= 11 is 0. The van der Waals surface area contributed by atoms with Crippen molar-refractivity contribution in [2.75, 3.05) is 6.61 Å². The van der Waals surface area contributed by atoms with Crippen molar-refractivity contribution < 1.29 is 9.13 Å².